The van der Waals surface area contributed by atoms with E-state index in [4.69, 9.17) is 4.98 Å². The maximum Gasteiger partial charge on any atom is 0.282 e. The number of fused-ring (bicyclic) bond motifs is 2. The van der Waals surface area contributed by atoms with Crippen LogP contribution in [0.3, 0.4) is 0 Å². The SMILES string of the molecule is CC(C)(C)c1nc2ccc(Br)cc2c(=O)n1N=Cc1cn(CC(=O)Nc2ccccc2F)c2ccccc12. The van der Waals surface area contributed by atoms with Gasteiger partial charge < -0.3 is 9.88 Å². The van der Waals surface area contributed by atoms with Crippen molar-refractivity contribution in [3.63, 3.8) is 0 Å². The van der Waals surface area contributed by atoms with E-state index in [1.165, 1.54) is 16.8 Å². The molecule has 5 aromatic rings. The molecule has 5 rings (SSSR count). The lowest BCUT2D eigenvalue weighted by Gasteiger charge is -2.20. The van der Waals surface area contributed by atoms with Crippen LogP contribution in [-0.4, -0.2) is 26.3 Å². The zero-order valence-electron chi connectivity index (χ0n) is 21.1. The van der Waals surface area contributed by atoms with Gasteiger partial charge in [0, 0.05) is 32.6 Å². The quantitative estimate of drug-likeness (QED) is 0.259. The molecule has 0 spiro atoms. The molecule has 3 aromatic carbocycles. The first-order chi connectivity index (χ1) is 18.1. The van der Waals surface area contributed by atoms with E-state index in [9.17, 15) is 14.0 Å². The van der Waals surface area contributed by atoms with Crippen molar-refractivity contribution in [2.45, 2.75) is 32.7 Å². The summed E-state index contributed by atoms with van der Waals surface area (Å²) in [7, 11) is 0. The summed E-state index contributed by atoms with van der Waals surface area (Å²) in [5, 5.41) is 8.51. The van der Waals surface area contributed by atoms with Crippen LogP contribution < -0.4 is 10.9 Å². The number of nitrogens with one attached hydrogen (secondary N) is 1. The van der Waals surface area contributed by atoms with Crippen molar-refractivity contribution in [2.75, 3.05) is 5.32 Å². The van der Waals surface area contributed by atoms with Crippen LogP contribution >= 0.6 is 15.9 Å². The van der Waals surface area contributed by atoms with Gasteiger partial charge >= 0.3 is 0 Å². The summed E-state index contributed by atoms with van der Waals surface area (Å²) in [6.45, 7) is 5.91. The molecular weight excluding hydrogens is 549 g/mol. The van der Waals surface area contributed by atoms with Crippen molar-refractivity contribution in [1.29, 1.82) is 0 Å². The first kappa shape index (κ1) is 25.5. The van der Waals surface area contributed by atoms with Crippen molar-refractivity contribution >= 4 is 55.5 Å². The highest BCUT2D eigenvalue weighted by Crippen LogP contribution is 2.24. The minimum Gasteiger partial charge on any atom is -0.337 e. The third-order valence-corrected chi connectivity index (χ3v) is 6.57. The first-order valence-electron chi connectivity index (χ1n) is 12.0. The maximum atomic E-state index is 14.0. The van der Waals surface area contributed by atoms with Crippen LogP contribution in [0.15, 0.2) is 87.3 Å². The standard InChI is InChI=1S/C29H25BrFN5O2/c1-29(2,3)28-34-23-13-12-19(30)14-21(23)27(38)36(28)32-15-18-16-35(25-11-7-4-8-20(18)25)17-26(37)33-24-10-6-5-9-22(24)31/h4-16H,17H2,1-3H3,(H,33,37). The van der Waals surface area contributed by atoms with Crippen molar-refractivity contribution in [1.82, 2.24) is 14.2 Å². The monoisotopic (exact) mass is 573 g/mol. The number of para-hydroxylation sites is 2. The van der Waals surface area contributed by atoms with Gasteiger partial charge in [-0.25, -0.2) is 9.37 Å². The normalized spacial score (nSPS) is 12.0. The fourth-order valence-electron chi connectivity index (χ4n) is 4.28. The average Bonchev–Trinajstić information content (AvgIpc) is 3.21. The third-order valence-electron chi connectivity index (χ3n) is 6.07. The van der Waals surface area contributed by atoms with E-state index >= 15 is 0 Å². The van der Waals surface area contributed by atoms with Gasteiger partial charge in [-0.1, -0.05) is 67.0 Å². The lowest BCUT2D eigenvalue weighted by Crippen LogP contribution is -2.29. The number of carbonyl (C=O) groups excluding carboxylic acids is 1. The van der Waals surface area contributed by atoms with Gasteiger partial charge in [0.2, 0.25) is 5.91 Å². The number of benzene rings is 3. The Bertz CT molecular complexity index is 1780. The molecule has 38 heavy (non-hydrogen) atoms. The Kier molecular flexibility index (Phi) is 6.71. The minimum absolute atomic E-state index is 0.0264. The highest BCUT2D eigenvalue weighted by molar-refractivity contribution is 9.10. The Morgan fingerprint density at radius 1 is 1.08 bits per heavy atom. The highest BCUT2D eigenvalue weighted by Gasteiger charge is 2.23. The van der Waals surface area contributed by atoms with E-state index < -0.39 is 11.2 Å². The van der Waals surface area contributed by atoms with Gasteiger partial charge in [0.05, 0.1) is 22.8 Å². The predicted octanol–water partition coefficient (Wildman–Crippen LogP) is 6.07. The minimum atomic E-state index is -0.498. The summed E-state index contributed by atoms with van der Waals surface area (Å²) in [6.07, 6.45) is 3.40. The number of carbonyl (C=O) groups is 1. The number of nitrogens with zero attached hydrogens (tertiary/aromatic N) is 4. The zero-order chi connectivity index (χ0) is 27.0. The Morgan fingerprint density at radius 2 is 1.82 bits per heavy atom. The lowest BCUT2D eigenvalue weighted by atomic mass is 9.95. The molecule has 7 nitrogen and oxygen atoms in total. The molecule has 0 radical (unpaired) electrons. The van der Waals surface area contributed by atoms with Crippen molar-refractivity contribution in [3.8, 4) is 0 Å². The van der Waals surface area contributed by atoms with Gasteiger partial charge in [-0.2, -0.15) is 9.78 Å². The van der Waals surface area contributed by atoms with E-state index in [2.05, 4.69) is 26.3 Å². The summed E-state index contributed by atoms with van der Waals surface area (Å²) in [5.74, 6) is -0.335. The topological polar surface area (TPSA) is 81.3 Å². The average molecular weight is 574 g/mol. The molecule has 1 N–H and O–H groups in total. The smallest absolute Gasteiger partial charge is 0.282 e. The molecule has 2 aromatic heterocycles. The van der Waals surface area contributed by atoms with Gasteiger partial charge in [-0.3, -0.25) is 9.59 Å². The van der Waals surface area contributed by atoms with E-state index in [0.717, 1.165) is 20.9 Å². The predicted molar refractivity (Wildman–Crippen MR) is 152 cm³/mol. The summed E-state index contributed by atoms with van der Waals surface area (Å²) in [4.78, 5) is 31.0. The Hall–Kier alpha value is -4.11. The molecule has 0 saturated heterocycles. The lowest BCUT2D eigenvalue weighted by molar-refractivity contribution is -0.116. The fraction of sp³-hybridized carbons (Fsp3) is 0.172. The number of amides is 1. The molecule has 0 aliphatic rings. The molecule has 0 atom stereocenters. The molecule has 2 heterocycles. The molecule has 1 amide bonds. The van der Waals surface area contributed by atoms with Crippen LogP contribution in [0.5, 0.6) is 0 Å². The first-order valence-corrected chi connectivity index (χ1v) is 12.8. The maximum absolute atomic E-state index is 14.0. The van der Waals surface area contributed by atoms with Crippen molar-refractivity contribution in [2.24, 2.45) is 5.10 Å². The molecule has 0 aliphatic carbocycles. The molecule has 9 heteroatoms. The summed E-state index contributed by atoms with van der Waals surface area (Å²) < 4.78 is 17.9. The fourth-order valence-corrected chi connectivity index (χ4v) is 4.64. The number of hydrogen-bond acceptors (Lipinski definition) is 4. The van der Waals surface area contributed by atoms with Gasteiger partial charge in [0.15, 0.2) is 0 Å². The summed E-state index contributed by atoms with van der Waals surface area (Å²) in [6, 6.07) is 19.0. The molecule has 0 aliphatic heterocycles. The second-order valence-corrected chi connectivity index (χ2v) is 10.9. The van der Waals surface area contributed by atoms with E-state index in [-0.39, 0.29) is 23.7 Å². The number of halogens is 2. The van der Waals surface area contributed by atoms with Crippen molar-refractivity contribution in [3.05, 3.63) is 105 Å². The summed E-state index contributed by atoms with van der Waals surface area (Å²) in [5.41, 5.74) is 1.54. The van der Waals surface area contributed by atoms with Crippen LogP contribution in [0, 0.1) is 5.82 Å². The van der Waals surface area contributed by atoms with E-state index in [0.29, 0.717) is 16.7 Å². The van der Waals surface area contributed by atoms with Crippen LogP contribution in [0.1, 0.15) is 32.2 Å². The Labute approximate surface area is 226 Å². The van der Waals surface area contributed by atoms with Crippen LogP contribution in [0.2, 0.25) is 0 Å². The van der Waals surface area contributed by atoms with Crippen LogP contribution in [0.4, 0.5) is 10.1 Å². The van der Waals surface area contributed by atoms with E-state index in [1.54, 1.807) is 35.2 Å². The molecule has 0 fully saturated rings. The molecule has 192 valence electrons. The Balaban J connectivity index is 1.55. The van der Waals surface area contributed by atoms with Crippen LogP contribution in [-0.2, 0) is 16.8 Å². The number of hydrogen-bond donors (Lipinski definition) is 1. The number of aromatic nitrogens is 3. The second-order valence-electron chi connectivity index (χ2n) is 9.97. The zero-order valence-corrected chi connectivity index (χ0v) is 22.7. The molecule has 0 bridgehead atoms. The van der Waals surface area contributed by atoms with Crippen LogP contribution in [0.25, 0.3) is 21.8 Å². The molecular formula is C29H25BrFN5O2. The third kappa shape index (κ3) is 5.02. The highest BCUT2D eigenvalue weighted by atomic mass is 79.9. The van der Waals surface area contributed by atoms with Crippen molar-refractivity contribution < 1.29 is 9.18 Å². The largest absolute Gasteiger partial charge is 0.337 e. The Morgan fingerprint density at radius 3 is 2.58 bits per heavy atom. The van der Waals surface area contributed by atoms with Gasteiger partial charge in [0.1, 0.15) is 18.2 Å². The second kappa shape index (κ2) is 9.98. The number of anilines is 1. The van der Waals surface area contributed by atoms with Gasteiger partial charge in [0.25, 0.3) is 5.56 Å². The summed E-state index contributed by atoms with van der Waals surface area (Å²) >= 11 is 3.43. The van der Waals surface area contributed by atoms with Gasteiger partial charge in [-0.15, -0.1) is 0 Å². The number of rotatable bonds is 5. The van der Waals surface area contributed by atoms with Gasteiger partial charge in [-0.05, 0) is 36.4 Å². The van der Waals surface area contributed by atoms with E-state index in [1.807, 2.05) is 57.2 Å². The molecule has 0 saturated carbocycles. The molecule has 0 unspecified atom stereocenters.